The van der Waals surface area contributed by atoms with E-state index in [9.17, 15) is 4.79 Å². The predicted molar refractivity (Wildman–Crippen MR) is 141 cm³/mol. The second-order valence-corrected chi connectivity index (χ2v) is 9.71. The summed E-state index contributed by atoms with van der Waals surface area (Å²) in [4.78, 5) is 15.2. The van der Waals surface area contributed by atoms with Gasteiger partial charge in [-0.15, -0.1) is 24.8 Å². The van der Waals surface area contributed by atoms with E-state index in [4.69, 9.17) is 23.2 Å². The Labute approximate surface area is 215 Å². The van der Waals surface area contributed by atoms with Crippen molar-refractivity contribution in [1.82, 2.24) is 10.2 Å². The summed E-state index contributed by atoms with van der Waals surface area (Å²) in [5.41, 5.74) is 3.11. The van der Waals surface area contributed by atoms with Gasteiger partial charge in [0.2, 0.25) is 0 Å². The Morgan fingerprint density at radius 1 is 1.03 bits per heavy atom. The number of rotatable bonds is 7. The Bertz CT molecular complexity index is 850. The van der Waals surface area contributed by atoms with Crippen molar-refractivity contribution in [3.63, 3.8) is 0 Å². The van der Waals surface area contributed by atoms with E-state index in [1.54, 1.807) is 0 Å². The molecule has 2 aromatic rings. The van der Waals surface area contributed by atoms with Crippen molar-refractivity contribution in [1.29, 1.82) is 0 Å². The molecule has 7 heteroatoms. The molecule has 1 N–H and O–H groups in total. The summed E-state index contributed by atoms with van der Waals surface area (Å²) in [6.45, 7) is 9.47. The largest absolute Gasteiger partial charge is 0.349 e. The van der Waals surface area contributed by atoms with E-state index >= 15 is 0 Å². The molecule has 0 aromatic heterocycles. The van der Waals surface area contributed by atoms with E-state index in [-0.39, 0.29) is 36.8 Å². The average molecular weight is 520 g/mol. The van der Waals surface area contributed by atoms with Crippen LogP contribution in [0.1, 0.15) is 54.6 Å². The minimum atomic E-state index is 0. The van der Waals surface area contributed by atoms with Crippen molar-refractivity contribution >= 4 is 53.9 Å². The van der Waals surface area contributed by atoms with E-state index in [0.29, 0.717) is 21.9 Å². The summed E-state index contributed by atoms with van der Waals surface area (Å²) < 4.78 is 0. The van der Waals surface area contributed by atoms with Crippen LogP contribution < -0.4 is 5.32 Å². The molecule has 1 aliphatic heterocycles. The van der Waals surface area contributed by atoms with Gasteiger partial charge in [0, 0.05) is 18.2 Å². The van der Waals surface area contributed by atoms with Crippen LogP contribution in [0.3, 0.4) is 0 Å². The number of likely N-dealkylation sites (tertiary alicyclic amines) is 1. The molecule has 0 saturated carbocycles. The number of aryl methyl sites for hydroxylation is 1. The Hall–Kier alpha value is -0.970. The van der Waals surface area contributed by atoms with Crippen molar-refractivity contribution in [2.45, 2.75) is 52.6 Å². The van der Waals surface area contributed by atoms with Gasteiger partial charge in [-0.3, -0.25) is 9.69 Å². The van der Waals surface area contributed by atoms with Crippen LogP contribution in [-0.2, 0) is 6.54 Å². The first-order valence-corrected chi connectivity index (χ1v) is 11.6. The Balaban J connectivity index is 0.00000256. The molecular formula is C25H34Cl4N2O. The number of nitrogens with one attached hydrogen (secondary N) is 1. The highest BCUT2D eigenvalue weighted by atomic mass is 35.5. The topological polar surface area (TPSA) is 32.3 Å². The van der Waals surface area contributed by atoms with Crippen molar-refractivity contribution in [3.8, 4) is 0 Å². The zero-order valence-electron chi connectivity index (χ0n) is 18.9. The third kappa shape index (κ3) is 8.43. The van der Waals surface area contributed by atoms with Gasteiger partial charge in [0.1, 0.15) is 0 Å². The van der Waals surface area contributed by atoms with E-state index in [1.165, 1.54) is 11.1 Å². The average Bonchev–Trinajstić information content (AvgIpc) is 2.72. The standard InChI is InChI=1S/C25H32Cl2N2O.2ClH/c1-17(2)24(28-25(30)21-7-4-18(3)5-8-21)15-19-10-12-29(13-11-19)16-20-6-9-22(26)23(27)14-20;;/h4-9,14,17,19,24H,10-13,15-16H2,1-3H3,(H,28,30);2*1H. The summed E-state index contributed by atoms with van der Waals surface area (Å²) in [6, 6.07) is 13.9. The number of amides is 1. The maximum Gasteiger partial charge on any atom is 0.251 e. The van der Waals surface area contributed by atoms with Gasteiger partial charge in [-0.05, 0) is 80.9 Å². The summed E-state index contributed by atoms with van der Waals surface area (Å²) in [5.74, 6) is 1.08. The molecular weight excluding hydrogens is 486 g/mol. The number of nitrogens with zero attached hydrogens (tertiary/aromatic N) is 1. The van der Waals surface area contributed by atoms with Crippen LogP contribution in [0.2, 0.25) is 10.0 Å². The quantitative estimate of drug-likeness (QED) is 0.419. The summed E-state index contributed by atoms with van der Waals surface area (Å²) in [6.07, 6.45) is 3.35. The first kappa shape index (κ1) is 29.1. The minimum absolute atomic E-state index is 0. The fourth-order valence-electron chi connectivity index (χ4n) is 4.09. The number of hydrogen-bond acceptors (Lipinski definition) is 2. The monoisotopic (exact) mass is 518 g/mol. The van der Waals surface area contributed by atoms with Gasteiger partial charge < -0.3 is 5.32 Å². The molecule has 0 spiro atoms. The third-order valence-electron chi connectivity index (χ3n) is 6.12. The van der Waals surface area contributed by atoms with Crippen LogP contribution in [0.5, 0.6) is 0 Å². The molecule has 0 radical (unpaired) electrons. The fraction of sp³-hybridized carbons (Fsp3) is 0.480. The van der Waals surface area contributed by atoms with Gasteiger partial charge in [-0.2, -0.15) is 0 Å². The second-order valence-electron chi connectivity index (χ2n) is 8.89. The zero-order valence-corrected chi connectivity index (χ0v) is 22.1. The van der Waals surface area contributed by atoms with Crippen LogP contribution in [0.4, 0.5) is 0 Å². The molecule has 1 saturated heterocycles. The van der Waals surface area contributed by atoms with Crippen LogP contribution in [-0.4, -0.2) is 29.9 Å². The van der Waals surface area contributed by atoms with Gasteiger partial charge in [-0.25, -0.2) is 0 Å². The van der Waals surface area contributed by atoms with Crippen molar-refractivity contribution in [2.75, 3.05) is 13.1 Å². The van der Waals surface area contributed by atoms with E-state index in [0.717, 1.165) is 44.5 Å². The number of carbonyl (C=O) groups excluding carboxylic acids is 1. The molecule has 1 heterocycles. The SMILES string of the molecule is Cc1ccc(C(=O)NC(CC2CCN(Cc3ccc(Cl)c(Cl)c3)CC2)C(C)C)cc1.Cl.Cl. The van der Waals surface area contributed by atoms with Gasteiger partial charge in [0.25, 0.3) is 5.91 Å². The molecule has 1 fully saturated rings. The summed E-state index contributed by atoms with van der Waals surface area (Å²) in [7, 11) is 0. The number of benzene rings is 2. The van der Waals surface area contributed by atoms with Gasteiger partial charge in [0.05, 0.1) is 10.0 Å². The lowest BCUT2D eigenvalue weighted by Gasteiger charge is -2.35. The van der Waals surface area contributed by atoms with Crippen molar-refractivity contribution < 1.29 is 4.79 Å². The molecule has 1 unspecified atom stereocenters. The Morgan fingerprint density at radius 2 is 1.66 bits per heavy atom. The third-order valence-corrected chi connectivity index (χ3v) is 6.86. The molecule has 2 aromatic carbocycles. The van der Waals surface area contributed by atoms with Crippen molar-refractivity contribution in [2.24, 2.45) is 11.8 Å². The predicted octanol–water partition coefficient (Wildman–Crippen LogP) is 7.20. The molecule has 3 rings (SSSR count). The lowest BCUT2D eigenvalue weighted by Crippen LogP contribution is -2.42. The fourth-order valence-corrected chi connectivity index (χ4v) is 4.41. The maximum atomic E-state index is 12.7. The summed E-state index contributed by atoms with van der Waals surface area (Å²) >= 11 is 12.2. The molecule has 0 aliphatic carbocycles. The smallest absolute Gasteiger partial charge is 0.251 e. The highest BCUT2D eigenvalue weighted by Gasteiger charge is 2.25. The molecule has 32 heavy (non-hydrogen) atoms. The van der Waals surface area contributed by atoms with Gasteiger partial charge >= 0.3 is 0 Å². The second kappa shape index (κ2) is 13.7. The number of halogens is 4. The van der Waals surface area contributed by atoms with Crippen LogP contribution >= 0.6 is 48.0 Å². The van der Waals surface area contributed by atoms with Crippen LogP contribution in [0, 0.1) is 18.8 Å². The number of carbonyl (C=O) groups is 1. The normalized spacial score (nSPS) is 15.6. The minimum Gasteiger partial charge on any atom is -0.349 e. The van der Waals surface area contributed by atoms with Crippen LogP contribution in [0.15, 0.2) is 42.5 Å². The molecule has 3 nitrogen and oxygen atoms in total. The molecule has 0 bridgehead atoms. The molecule has 178 valence electrons. The molecule has 1 atom stereocenters. The molecule has 1 aliphatic rings. The van der Waals surface area contributed by atoms with Crippen LogP contribution in [0.25, 0.3) is 0 Å². The highest BCUT2D eigenvalue weighted by molar-refractivity contribution is 6.42. The first-order valence-electron chi connectivity index (χ1n) is 10.9. The zero-order chi connectivity index (χ0) is 21.7. The Morgan fingerprint density at radius 3 is 2.22 bits per heavy atom. The van der Waals surface area contributed by atoms with Crippen molar-refractivity contribution in [3.05, 3.63) is 69.2 Å². The Kier molecular flexibility index (Phi) is 12.4. The van der Waals surface area contributed by atoms with E-state index in [1.807, 2.05) is 43.3 Å². The first-order chi connectivity index (χ1) is 14.3. The van der Waals surface area contributed by atoms with E-state index < -0.39 is 0 Å². The number of piperidine rings is 1. The van der Waals surface area contributed by atoms with E-state index in [2.05, 4.69) is 30.1 Å². The highest BCUT2D eigenvalue weighted by Crippen LogP contribution is 2.27. The number of hydrogen-bond donors (Lipinski definition) is 1. The summed E-state index contributed by atoms with van der Waals surface area (Å²) in [5, 5.41) is 4.50. The maximum absolute atomic E-state index is 12.7. The van der Waals surface area contributed by atoms with Gasteiger partial charge in [0.15, 0.2) is 0 Å². The van der Waals surface area contributed by atoms with Gasteiger partial charge in [-0.1, -0.05) is 60.8 Å². The molecule has 1 amide bonds. The lowest BCUT2D eigenvalue weighted by atomic mass is 9.86. The lowest BCUT2D eigenvalue weighted by molar-refractivity contribution is 0.0906.